The smallest absolute Gasteiger partial charge is 0.286 e. The summed E-state index contributed by atoms with van der Waals surface area (Å²) in [5.41, 5.74) is 0.380. The number of rotatable bonds is 4. The molecular weight excluding hydrogens is 343 g/mol. The topological polar surface area (TPSA) is 90.7 Å². The Bertz CT molecular complexity index is 901. The van der Waals surface area contributed by atoms with Gasteiger partial charge in [-0.25, -0.2) is 4.39 Å². The zero-order valence-electron chi connectivity index (χ0n) is 13.6. The van der Waals surface area contributed by atoms with Gasteiger partial charge in [0.25, 0.3) is 11.6 Å². The van der Waals surface area contributed by atoms with Crippen LogP contribution in [0.25, 0.3) is 0 Å². The van der Waals surface area contributed by atoms with Crippen LogP contribution in [0.4, 0.5) is 10.1 Å². The van der Waals surface area contributed by atoms with Crippen molar-refractivity contribution in [3.8, 4) is 11.5 Å². The number of benzene rings is 2. The molecule has 8 heteroatoms. The van der Waals surface area contributed by atoms with Gasteiger partial charge >= 0.3 is 0 Å². The van der Waals surface area contributed by atoms with Gasteiger partial charge in [0, 0.05) is 18.0 Å². The van der Waals surface area contributed by atoms with Gasteiger partial charge in [-0.2, -0.15) is 0 Å². The van der Waals surface area contributed by atoms with E-state index in [1.54, 1.807) is 12.1 Å². The van der Waals surface area contributed by atoms with Crippen LogP contribution >= 0.6 is 0 Å². The lowest BCUT2D eigenvalue weighted by Gasteiger charge is -2.18. The Labute approximate surface area is 147 Å². The molecule has 26 heavy (non-hydrogen) atoms. The van der Waals surface area contributed by atoms with Crippen LogP contribution in [-0.4, -0.2) is 30.1 Å². The quantitative estimate of drug-likeness (QED) is 0.670. The summed E-state index contributed by atoms with van der Waals surface area (Å²) in [6.07, 6.45) is 0.660. The third-order valence-electron chi connectivity index (χ3n) is 4.49. The van der Waals surface area contributed by atoms with Gasteiger partial charge in [0.15, 0.2) is 11.5 Å². The minimum absolute atomic E-state index is 0.00548. The van der Waals surface area contributed by atoms with E-state index in [-0.39, 0.29) is 34.8 Å². The lowest BCUT2D eigenvalue weighted by molar-refractivity contribution is -0.385. The summed E-state index contributed by atoms with van der Waals surface area (Å²) in [4.78, 5) is 23.3. The van der Waals surface area contributed by atoms with E-state index >= 15 is 0 Å². The third kappa shape index (κ3) is 3.05. The summed E-state index contributed by atoms with van der Waals surface area (Å²) in [5, 5.41) is 14.1. The monoisotopic (exact) mass is 358 g/mol. The van der Waals surface area contributed by atoms with Crippen molar-refractivity contribution >= 4 is 11.6 Å². The van der Waals surface area contributed by atoms with Crippen molar-refractivity contribution in [3.05, 3.63) is 63.5 Å². The molecule has 2 aromatic carbocycles. The SMILES string of the molecule is O=C(N[C@H]1C[C@H]1c1cccc(F)c1)c1cc2c(cc1[N+](=O)[O-])OCCO2. The molecule has 0 saturated heterocycles. The zero-order chi connectivity index (χ0) is 18.3. The maximum absolute atomic E-state index is 13.3. The predicted octanol–water partition coefficient (Wildman–Crippen LogP) is 2.79. The average Bonchev–Trinajstić information content (AvgIpc) is 3.39. The normalized spacial score (nSPS) is 20.3. The van der Waals surface area contributed by atoms with Crippen LogP contribution in [-0.2, 0) is 0 Å². The van der Waals surface area contributed by atoms with Crippen molar-refractivity contribution in [2.24, 2.45) is 0 Å². The largest absolute Gasteiger partial charge is 0.486 e. The Hall–Kier alpha value is -3.16. The van der Waals surface area contributed by atoms with Crippen molar-refractivity contribution in [1.82, 2.24) is 5.32 Å². The molecule has 1 amide bonds. The van der Waals surface area contributed by atoms with E-state index < -0.39 is 10.8 Å². The van der Waals surface area contributed by atoms with Crippen LogP contribution in [0.5, 0.6) is 11.5 Å². The Morgan fingerprint density at radius 1 is 1.19 bits per heavy atom. The van der Waals surface area contributed by atoms with E-state index in [2.05, 4.69) is 5.32 Å². The highest BCUT2D eigenvalue weighted by molar-refractivity contribution is 5.99. The van der Waals surface area contributed by atoms with Crippen molar-refractivity contribution in [1.29, 1.82) is 0 Å². The van der Waals surface area contributed by atoms with Crippen LogP contribution in [0, 0.1) is 15.9 Å². The molecule has 0 radical (unpaired) electrons. The molecule has 1 fully saturated rings. The van der Waals surface area contributed by atoms with E-state index in [0.717, 1.165) is 5.56 Å². The first-order valence-corrected chi connectivity index (χ1v) is 8.17. The zero-order valence-corrected chi connectivity index (χ0v) is 13.6. The molecule has 2 aliphatic rings. The van der Waals surface area contributed by atoms with Gasteiger partial charge in [-0.15, -0.1) is 0 Å². The van der Waals surface area contributed by atoms with Gasteiger partial charge in [0.05, 0.1) is 11.0 Å². The summed E-state index contributed by atoms with van der Waals surface area (Å²) in [5.74, 6) is -0.321. The Morgan fingerprint density at radius 2 is 1.92 bits per heavy atom. The highest BCUT2D eigenvalue weighted by Crippen LogP contribution is 2.42. The van der Waals surface area contributed by atoms with Crippen LogP contribution in [0.1, 0.15) is 28.3 Å². The fraction of sp³-hybridized carbons (Fsp3) is 0.278. The van der Waals surface area contributed by atoms with Gasteiger partial charge < -0.3 is 14.8 Å². The van der Waals surface area contributed by atoms with Gasteiger partial charge in [-0.1, -0.05) is 12.1 Å². The van der Waals surface area contributed by atoms with E-state index in [0.29, 0.717) is 25.4 Å². The molecule has 0 bridgehead atoms. The lowest BCUT2D eigenvalue weighted by atomic mass is 10.1. The first-order chi connectivity index (χ1) is 12.5. The Kier molecular flexibility index (Phi) is 3.95. The van der Waals surface area contributed by atoms with E-state index in [4.69, 9.17) is 9.47 Å². The number of amides is 1. The van der Waals surface area contributed by atoms with Crippen molar-refractivity contribution in [2.75, 3.05) is 13.2 Å². The standard InChI is InChI=1S/C18H15FN2O5/c19-11-3-1-2-10(6-11)12-7-14(12)20-18(22)13-8-16-17(26-5-4-25-16)9-15(13)21(23)24/h1-3,6,8-9,12,14H,4-5,7H2,(H,20,22)/t12-,14-/m0/s1. The molecule has 2 aromatic rings. The molecule has 0 unspecified atom stereocenters. The first-order valence-electron chi connectivity index (χ1n) is 8.17. The summed E-state index contributed by atoms with van der Waals surface area (Å²) >= 11 is 0. The molecule has 2 atom stereocenters. The van der Waals surface area contributed by atoms with Crippen LogP contribution in [0.15, 0.2) is 36.4 Å². The molecular formula is C18H15FN2O5. The number of carbonyl (C=O) groups excluding carboxylic acids is 1. The summed E-state index contributed by atoms with van der Waals surface area (Å²) < 4.78 is 24.1. The molecule has 1 saturated carbocycles. The second kappa shape index (κ2) is 6.29. The fourth-order valence-electron chi connectivity index (χ4n) is 3.12. The first kappa shape index (κ1) is 16.3. The molecule has 1 heterocycles. The second-order valence-corrected chi connectivity index (χ2v) is 6.25. The molecule has 134 valence electrons. The maximum Gasteiger partial charge on any atom is 0.286 e. The second-order valence-electron chi connectivity index (χ2n) is 6.25. The highest BCUT2D eigenvalue weighted by Gasteiger charge is 2.40. The van der Waals surface area contributed by atoms with Gasteiger partial charge in [0.2, 0.25) is 0 Å². The van der Waals surface area contributed by atoms with E-state index in [9.17, 15) is 19.3 Å². The highest BCUT2D eigenvalue weighted by atomic mass is 19.1. The van der Waals surface area contributed by atoms with Crippen LogP contribution < -0.4 is 14.8 Å². The number of nitrogens with zero attached hydrogens (tertiary/aromatic N) is 1. The average molecular weight is 358 g/mol. The van der Waals surface area contributed by atoms with Crippen molar-refractivity contribution < 1.29 is 23.6 Å². The summed E-state index contributed by atoms with van der Waals surface area (Å²) in [7, 11) is 0. The number of hydrogen-bond donors (Lipinski definition) is 1. The third-order valence-corrected chi connectivity index (χ3v) is 4.49. The number of ether oxygens (including phenoxy) is 2. The molecule has 1 aliphatic heterocycles. The Morgan fingerprint density at radius 3 is 2.62 bits per heavy atom. The number of hydrogen-bond acceptors (Lipinski definition) is 5. The Balaban J connectivity index is 1.54. The number of nitro benzene ring substituents is 1. The van der Waals surface area contributed by atoms with Gasteiger partial charge in [-0.05, 0) is 24.1 Å². The lowest BCUT2D eigenvalue weighted by Crippen LogP contribution is -2.27. The molecule has 1 N–H and O–H groups in total. The van der Waals surface area contributed by atoms with Crippen LogP contribution in [0.3, 0.4) is 0 Å². The number of nitrogens with one attached hydrogen (secondary N) is 1. The number of halogens is 1. The molecule has 0 aromatic heterocycles. The van der Waals surface area contributed by atoms with Gasteiger partial charge in [0.1, 0.15) is 24.6 Å². The minimum atomic E-state index is -0.621. The summed E-state index contributed by atoms with van der Waals surface area (Å²) in [6.45, 7) is 0.614. The number of carbonyl (C=O) groups is 1. The molecule has 7 nitrogen and oxygen atoms in total. The van der Waals surface area contributed by atoms with E-state index in [1.807, 2.05) is 0 Å². The van der Waals surface area contributed by atoms with Crippen molar-refractivity contribution in [3.63, 3.8) is 0 Å². The fourth-order valence-corrected chi connectivity index (χ4v) is 3.12. The van der Waals surface area contributed by atoms with Gasteiger partial charge in [-0.3, -0.25) is 14.9 Å². The minimum Gasteiger partial charge on any atom is -0.486 e. The maximum atomic E-state index is 13.3. The van der Waals surface area contributed by atoms with E-state index in [1.165, 1.54) is 24.3 Å². The number of fused-ring (bicyclic) bond motifs is 1. The number of nitro groups is 1. The van der Waals surface area contributed by atoms with Crippen LogP contribution in [0.2, 0.25) is 0 Å². The summed E-state index contributed by atoms with van der Waals surface area (Å²) in [6, 6.07) is 8.57. The predicted molar refractivity (Wildman–Crippen MR) is 89.1 cm³/mol. The molecule has 4 rings (SSSR count). The molecule has 0 spiro atoms. The van der Waals surface area contributed by atoms with Crippen molar-refractivity contribution in [2.45, 2.75) is 18.4 Å². The molecule has 1 aliphatic carbocycles.